The average Bonchev–Trinajstić information content (AvgIpc) is 2.22. The van der Waals surface area contributed by atoms with Gasteiger partial charge in [0.2, 0.25) is 0 Å². The van der Waals surface area contributed by atoms with E-state index in [9.17, 15) is 0 Å². The normalized spacial score (nSPS) is 19.8. The Kier molecular flexibility index (Phi) is 2.98. The van der Waals surface area contributed by atoms with Gasteiger partial charge in [-0.05, 0) is 30.4 Å². The first-order valence-electron chi connectivity index (χ1n) is 5.65. The van der Waals surface area contributed by atoms with Crippen molar-refractivity contribution < 1.29 is 0 Å². The lowest BCUT2D eigenvalue weighted by molar-refractivity contribution is 0.279. The van der Waals surface area contributed by atoms with Crippen LogP contribution in [0.5, 0.6) is 0 Å². The number of hydrogen-bond acceptors (Lipinski definition) is 3. The fourth-order valence-electron chi connectivity index (χ4n) is 2.01. The van der Waals surface area contributed by atoms with Gasteiger partial charge >= 0.3 is 0 Å². The van der Waals surface area contributed by atoms with Gasteiger partial charge in [0.25, 0.3) is 0 Å². The van der Waals surface area contributed by atoms with Crippen molar-refractivity contribution in [2.24, 2.45) is 5.41 Å². The number of anilines is 2. The van der Waals surface area contributed by atoms with Gasteiger partial charge in [-0.25, -0.2) is 4.98 Å². The summed E-state index contributed by atoms with van der Waals surface area (Å²) in [6.07, 6.45) is 2.33. The minimum atomic E-state index is 0.434. The fraction of sp³-hybridized carbons (Fsp3) is 0.583. The lowest BCUT2D eigenvalue weighted by atomic mass is 9.83. The van der Waals surface area contributed by atoms with E-state index in [1.54, 1.807) is 6.07 Å². The molecule has 0 aliphatic carbocycles. The first-order valence-corrected chi connectivity index (χ1v) is 6.03. The van der Waals surface area contributed by atoms with E-state index in [0.29, 0.717) is 16.3 Å². The lowest BCUT2D eigenvalue weighted by Gasteiger charge is -2.37. The van der Waals surface area contributed by atoms with Gasteiger partial charge in [-0.3, -0.25) is 0 Å². The van der Waals surface area contributed by atoms with E-state index >= 15 is 0 Å². The summed E-state index contributed by atoms with van der Waals surface area (Å²) in [4.78, 5) is 6.54. The van der Waals surface area contributed by atoms with E-state index in [2.05, 4.69) is 23.7 Å². The molecule has 0 radical (unpaired) electrons. The van der Waals surface area contributed by atoms with Crippen LogP contribution in [0.25, 0.3) is 0 Å². The first kappa shape index (κ1) is 11.5. The number of aromatic nitrogens is 1. The highest BCUT2D eigenvalue weighted by molar-refractivity contribution is 6.29. The number of pyridine rings is 1. The van der Waals surface area contributed by atoms with E-state index in [0.717, 1.165) is 18.9 Å². The third kappa shape index (κ3) is 2.40. The molecule has 0 bridgehead atoms. The van der Waals surface area contributed by atoms with Gasteiger partial charge in [-0.2, -0.15) is 0 Å². The Morgan fingerprint density at radius 2 is 1.94 bits per heavy atom. The summed E-state index contributed by atoms with van der Waals surface area (Å²) >= 11 is 5.90. The Morgan fingerprint density at radius 3 is 2.56 bits per heavy atom. The van der Waals surface area contributed by atoms with Crippen LogP contribution in [0.15, 0.2) is 12.1 Å². The number of nitrogen functional groups attached to an aromatic ring is 1. The van der Waals surface area contributed by atoms with Gasteiger partial charge < -0.3 is 10.6 Å². The quantitative estimate of drug-likeness (QED) is 0.767. The summed E-state index contributed by atoms with van der Waals surface area (Å²) in [5, 5.41) is 0.508. The van der Waals surface area contributed by atoms with Crippen LogP contribution in [0, 0.1) is 5.41 Å². The van der Waals surface area contributed by atoms with Crippen molar-refractivity contribution in [3.63, 3.8) is 0 Å². The molecule has 0 aromatic carbocycles. The van der Waals surface area contributed by atoms with Crippen molar-refractivity contribution in [3.8, 4) is 0 Å². The van der Waals surface area contributed by atoms with Gasteiger partial charge in [0.15, 0.2) is 5.82 Å². The number of piperidine rings is 1. The second kappa shape index (κ2) is 4.13. The second-order valence-electron chi connectivity index (χ2n) is 5.20. The van der Waals surface area contributed by atoms with Crippen LogP contribution < -0.4 is 10.6 Å². The minimum absolute atomic E-state index is 0.434. The van der Waals surface area contributed by atoms with Crippen LogP contribution in [-0.2, 0) is 0 Å². The molecular formula is C12H18ClN3. The Labute approximate surface area is 102 Å². The summed E-state index contributed by atoms with van der Waals surface area (Å²) in [5.74, 6) is 0.836. The topological polar surface area (TPSA) is 42.2 Å². The second-order valence-corrected chi connectivity index (χ2v) is 5.59. The first-order chi connectivity index (χ1) is 7.48. The molecule has 1 aromatic heterocycles. The molecule has 0 unspecified atom stereocenters. The van der Waals surface area contributed by atoms with Crippen LogP contribution >= 0.6 is 11.6 Å². The summed E-state index contributed by atoms with van der Waals surface area (Å²) in [6, 6.07) is 3.55. The highest BCUT2D eigenvalue weighted by Crippen LogP contribution is 2.33. The molecule has 2 N–H and O–H groups in total. The van der Waals surface area contributed by atoms with Gasteiger partial charge in [-0.15, -0.1) is 0 Å². The van der Waals surface area contributed by atoms with E-state index in [1.165, 1.54) is 12.8 Å². The van der Waals surface area contributed by atoms with Crippen molar-refractivity contribution in [1.29, 1.82) is 0 Å². The van der Waals surface area contributed by atoms with Crippen molar-refractivity contribution in [2.45, 2.75) is 26.7 Å². The van der Waals surface area contributed by atoms with Crippen LogP contribution in [0.1, 0.15) is 26.7 Å². The molecule has 0 atom stereocenters. The van der Waals surface area contributed by atoms with E-state index < -0.39 is 0 Å². The zero-order valence-electron chi connectivity index (χ0n) is 9.83. The summed E-state index contributed by atoms with van der Waals surface area (Å²) in [5.41, 5.74) is 7.07. The molecule has 16 heavy (non-hydrogen) atoms. The predicted molar refractivity (Wildman–Crippen MR) is 68.9 cm³/mol. The van der Waals surface area contributed by atoms with Gasteiger partial charge in [0.1, 0.15) is 5.15 Å². The van der Waals surface area contributed by atoms with Crippen LogP contribution in [0.4, 0.5) is 11.5 Å². The standard InChI is InChI=1S/C12H18ClN3/c1-12(2)5-7-16(8-6-12)11-9(14)3-4-10(13)15-11/h3-4H,5-8,14H2,1-2H3. The maximum Gasteiger partial charge on any atom is 0.153 e. The number of hydrogen-bond donors (Lipinski definition) is 1. The van der Waals surface area contributed by atoms with Crippen LogP contribution in [0.2, 0.25) is 5.15 Å². The SMILES string of the molecule is CC1(C)CCN(c2nc(Cl)ccc2N)CC1. The molecule has 2 heterocycles. The molecule has 2 rings (SSSR count). The fourth-order valence-corrected chi connectivity index (χ4v) is 2.16. The molecule has 3 nitrogen and oxygen atoms in total. The van der Waals surface area contributed by atoms with Gasteiger partial charge in [0.05, 0.1) is 5.69 Å². The Bertz CT molecular complexity index is 380. The van der Waals surface area contributed by atoms with E-state index in [4.69, 9.17) is 17.3 Å². The van der Waals surface area contributed by atoms with E-state index in [-0.39, 0.29) is 0 Å². The molecule has 88 valence electrons. The molecule has 1 saturated heterocycles. The number of rotatable bonds is 1. The molecule has 1 fully saturated rings. The molecule has 0 amide bonds. The third-order valence-electron chi connectivity index (χ3n) is 3.29. The van der Waals surface area contributed by atoms with Crippen molar-refractivity contribution in [3.05, 3.63) is 17.3 Å². The van der Waals surface area contributed by atoms with Crippen LogP contribution in [-0.4, -0.2) is 18.1 Å². The highest BCUT2D eigenvalue weighted by Gasteiger charge is 2.26. The maximum atomic E-state index is 5.93. The Morgan fingerprint density at radius 1 is 1.31 bits per heavy atom. The maximum absolute atomic E-state index is 5.93. The molecule has 0 spiro atoms. The average molecular weight is 240 g/mol. The van der Waals surface area contributed by atoms with Crippen molar-refractivity contribution in [2.75, 3.05) is 23.7 Å². The molecule has 0 saturated carbocycles. The molecular weight excluding hydrogens is 222 g/mol. The number of halogens is 1. The summed E-state index contributed by atoms with van der Waals surface area (Å²) < 4.78 is 0. The largest absolute Gasteiger partial charge is 0.396 e. The zero-order valence-corrected chi connectivity index (χ0v) is 10.6. The molecule has 4 heteroatoms. The Balaban J connectivity index is 2.17. The summed E-state index contributed by atoms with van der Waals surface area (Å²) in [7, 11) is 0. The summed E-state index contributed by atoms with van der Waals surface area (Å²) in [6.45, 7) is 6.62. The number of nitrogens with zero attached hydrogens (tertiary/aromatic N) is 2. The molecule has 1 aliphatic rings. The van der Waals surface area contributed by atoms with Crippen LogP contribution in [0.3, 0.4) is 0 Å². The smallest absolute Gasteiger partial charge is 0.153 e. The third-order valence-corrected chi connectivity index (χ3v) is 3.50. The Hall–Kier alpha value is -0.960. The molecule has 1 aromatic rings. The highest BCUT2D eigenvalue weighted by atomic mass is 35.5. The van der Waals surface area contributed by atoms with Gasteiger partial charge in [-0.1, -0.05) is 25.4 Å². The minimum Gasteiger partial charge on any atom is -0.396 e. The van der Waals surface area contributed by atoms with Gasteiger partial charge in [0, 0.05) is 13.1 Å². The predicted octanol–water partition coefficient (Wildman–Crippen LogP) is 2.94. The monoisotopic (exact) mass is 239 g/mol. The zero-order chi connectivity index (χ0) is 11.8. The van der Waals surface area contributed by atoms with E-state index in [1.807, 2.05) is 6.07 Å². The lowest BCUT2D eigenvalue weighted by Crippen LogP contribution is -2.38. The van der Waals surface area contributed by atoms with Crippen molar-refractivity contribution in [1.82, 2.24) is 4.98 Å². The van der Waals surface area contributed by atoms with Crippen molar-refractivity contribution >= 4 is 23.1 Å². The molecule has 1 aliphatic heterocycles. The number of nitrogens with two attached hydrogens (primary N) is 1.